The number of amides is 1. The SMILES string of the molecule is O=C(CSc1nc(O)cc(=O)[nH]1)Nc1c[n+](N2CCOCC2)no1. The molecule has 128 valence electrons. The van der Waals surface area contributed by atoms with Crippen LogP contribution < -0.4 is 20.7 Å². The molecule has 0 aliphatic carbocycles. The van der Waals surface area contributed by atoms with Gasteiger partial charge in [-0.15, -0.1) is 5.01 Å². The summed E-state index contributed by atoms with van der Waals surface area (Å²) in [5.41, 5.74) is -0.493. The minimum atomic E-state index is -0.493. The van der Waals surface area contributed by atoms with Gasteiger partial charge in [0.1, 0.15) is 0 Å². The Balaban J connectivity index is 1.53. The Kier molecular flexibility index (Phi) is 4.96. The number of rotatable bonds is 5. The Labute approximate surface area is 139 Å². The number of nitrogens with one attached hydrogen (secondary N) is 2. The van der Waals surface area contributed by atoms with Crippen LogP contribution in [0.15, 0.2) is 26.7 Å². The van der Waals surface area contributed by atoms with Crippen molar-refractivity contribution in [1.82, 2.24) is 15.2 Å². The number of H-pyrrole nitrogens is 1. The number of aromatic hydroxyl groups is 1. The quantitative estimate of drug-likeness (QED) is 0.330. The van der Waals surface area contributed by atoms with Crippen molar-refractivity contribution in [2.45, 2.75) is 5.16 Å². The number of aromatic nitrogens is 4. The molecule has 24 heavy (non-hydrogen) atoms. The summed E-state index contributed by atoms with van der Waals surface area (Å²) in [5, 5.41) is 17.7. The second kappa shape index (κ2) is 7.31. The van der Waals surface area contributed by atoms with Crippen LogP contribution >= 0.6 is 11.8 Å². The van der Waals surface area contributed by atoms with Gasteiger partial charge < -0.3 is 14.8 Å². The van der Waals surface area contributed by atoms with Crippen LogP contribution in [0.4, 0.5) is 5.88 Å². The first-order valence-corrected chi connectivity index (χ1v) is 8.03. The number of aromatic amines is 1. The minimum absolute atomic E-state index is 0.0232. The van der Waals surface area contributed by atoms with Crippen molar-refractivity contribution in [3.05, 3.63) is 22.6 Å². The van der Waals surface area contributed by atoms with Gasteiger partial charge in [-0.1, -0.05) is 11.8 Å². The van der Waals surface area contributed by atoms with Gasteiger partial charge >= 0.3 is 5.88 Å². The average Bonchev–Trinajstić information content (AvgIpc) is 3.01. The molecule has 3 N–H and O–H groups in total. The number of carbonyl (C=O) groups is 1. The van der Waals surface area contributed by atoms with Gasteiger partial charge in [-0.05, 0) is 0 Å². The van der Waals surface area contributed by atoms with Crippen LogP contribution in [0, 0.1) is 0 Å². The highest BCUT2D eigenvalue weighted by atomic mass is 32.2. The molecule has 1 aliphatic rings. The molecule has 0 atom stereocenters. The maximum atomic E-state index is 11.9. The zero-order chi connectivity index (χ0) is 16.9. The van der Waals surface area contributed by atoms with E-state index < -0.39 is 11.4 Å². The fourth-order valence-corrected chi connectivity index (χ4v) is 2.65. The van der Waals surface area contributed by atoms with Crippen molar-refractivity contribution in [1.29, 1.82) is 0 Å². The van der Waals surface area contributed by atoms with Gasteiger partial charge in [0, 0.05) is 0 Å². The molecule has 1 saturated heterocycles. The van der Waals surface area contributed by atoms with Crippen molar-refractivity contribution in [2.75, 3.05) is 42.4 Å². The molecular weight excluding hydrogens is 340 g/mol. The number of anilines is 1. The smallest absolute Gasteiger partial charge is 0.305 e. The molecule has 3 heterocycles. The molecule has 0 aromatic carbocycles. The lowest BCUT2D eigenvalue weighted by Crippen LogP contribution is -2.62. The van der Waals surface area contributed by atoms with E-state index in [0.717, 1.165) is 17.8 Å². The largest absolute Gasteiger partial charge is 0.493 e. The normalized spacial score (nSPS) is 14.6. The second-order valence-electron chi connectivity index (χ2n) is 4.80. The fourth-order valence-electron chi connectivity index (χ4n) is 1.98. The van der Waals surface area contributed by atoms with Crippen LogP contribution in [0.25, 0.3) is 0 Å². The molecule has 1 aliphatic heterocycles. The molecule has 0 bridgehead atoms. The van der Waals surface area contributed by atoms with E-state index in [0.29, 0.717) is 26.3 Å². The van der Waals surface area contributed by atoms with E-state index in [4.69, 9.17) is 9.26 Å². The third-order valence-electron chi connectivity index (χ3n) is 3.04. The first kappa shape index (κ1) is 16.3. The lowest BCUT2D eigenvalue weighted by molar-refractivity contribution is -0.759. The lowest BCUT2D eigenvalue weighted by atomic mass is 10.5. The summed E-state index contributed by atoms with van der Waals surface area (Å²) < 4.78 is 10.3. The van der Waals surface area contributed by atoms with Gasteiger partial charge in [0.25, 0.3) is 11.8 Å². The summed E-state index contributed by atoms with van der Waals surface area (Å²) in [7, 11) is 0. The minimum Gasteiger partial charge on any atom is -0.493 e. The molecular formula is C12H15N6O5S+. The average molecular weight is 355 g/mol. The Morgan fingerprint density at radius 3 is 3.04 bits per heavy atom. The van der Waals surface area contributed by atoms with E-state index in [1.165, 1.54) is 4.79 Å². The van der Waals surface area contributed by atoms with E-state index in [1.807, 2.05) is 5.01 Å². The van der Waals surface area contributed by atoms with Gasteiger partial charge in [0.2, 0.25) is 17.1 Å². The van der Waals surface area contributed by atoms with E-state index in [-0.39, 0.29) is 22.7 Å². The topological polar surface area (TPSA) is 137 Å². The molecule has 11 nitrogen and oxygen atoms in total. The van der Waals surface area contributed by atoms with Crippen LogP contribution in [0.2, 0.25) is 0 Å². The number of nitrogens with zero attached hydrogens (tertiary/aromatic N) is 4. The zero-order valence-corrected chi connectivity index (χ0v) is 13.3. The van der Waals surface area contributed by atoms with E-state index in [2.05, 4.69) is 20.6 Å². The Hall–Kier alpha value is -2.60. The first-order valence-electron chi connectivity index (χ1n) is 7.05. The van der Waals surface area contributed by atoms with E-state index in [1.54, 1.807) is 6.20 Å². The van der Waals surface area contributed by atoms with E-state index >= 15 is 0 Å². The van der Waals surface area contributed by atoms with E-state index in [9.17, 15) is 14.7 Å². The highest BCUT2D eigenvalue weighted by Gasteiger charge is 2.23. The van der Waals surface area contributed by atoms with Crippen molar-refractivity contribution in [3.63, 3.8) is 0 Å². The van der Waals surface area contributed by atoms with Crippen molar-refractivity contribution >= 4 is 23.6 Å². The van der Waals surface area contributed by atoms with Crippen LogP contribution in [0.3, 0.4) is 0 Å². The monoisotopic (exact) mass is 355 g/mol. The van der Waals surface area contributed by atoms with Crippen molar-refractivity contribution in [3.8, 4) is 5.88 Å². The summed E-state index contributed by atoms with van der Waals surface area (Å²) in [5.74, 6) is -0.589. The second-order valence-corrected chi connectivity index (χ2v) is 5.76. The van der Waals surface area contributed by atoms with Crippen molar-refractivity contribution in [2.24, 2.45) is 0 Å². The number of carbonyl (C=O) groups excluding carboxylic acids is 1. The summed E-state index contributed by atoms with van der Waals surface area (Å²) in [6.07, 6.45) is 1.56. The molecule has 0 unspecified atom stereocenters. The number of hydrogen-bond acceptors (Lipinski definition) is 9. The highest BCUT2D eigenvalue weighted by molar-refractivity contribution is 7.99. The first-order chi connectivity index (χ1) is 11.6. The maximum Gasteiger partial charge on any atom is 0.305 e. The van der Waals surface area contributed by atoms with Crippen LogP contribution in [-0.4, -0.2) is 58.3 Å². The fraction of sp³-hybridized carbons (Fsp3) is 0.417. The predicted octanol–water partition coefficient (Wildman–Crippen LogP) is -1.55. The summed E-state index contributed by atoms with van der Waals surface area (Å²) in [4.78, 5) is 30.7. The van der Waals surface area contributed by atoms with Gasteiger partial charge in [-0.3, -0.25) is 19.4 Å². The van der Waals surface area contributed by atoms with Crippen LogP contribution in [0.1, 0.15) is 0 Å². The zero-order valence-electron chi connectivity index (χ0n) is 12.5. The predicted molar refractivity (Wildman–Crippen MR) is 81.3 cm³/mol. The third-order valence-corrected chi connectivity index (χ3v) is 3.92. The number of ether oxygens (including phenoxy) is 1. The molecule has 0 radical (unpaired) electrons. The molecule has 0 spiro atoms. The maximum absolute atomic E-state index is 11.9. The van der Waals surface area contributed by atoms with Crippen LogP contribution in [0.5, 0.6) is 5.88 Å². The number of morpholine rings is 1. The molecule has 3 rings (SSSR count). The standard InChI is InChI=1S/C12H14N6O5S/c19-8-5-9(20)15-12(14-8)24-7-10(21)13-11-6-18(16-23-11)17-1-3-22-4-2-17/h5-6H,1-4,7H2,(H2-,13,14,15,16,19,20,21)/p+1. The molecule has 0 saturated carbocycles. The molecule has 2 aromatic heterocycles. The van der Waals surface area contributed by atoms with Gasteiger partial charge in [-0.2, -0.15) is 4.98 Å². The summed E-state index contributed by atoms with van der Waals surface area (Å²) in [6, 6.07) is 0.947. The van der Waals surface area contributed by atoms with Crippen molar-refractivity contribution < 1.29 is 24.0 Å². The molecule has 12 heteroatoms. The van der Waals surface area contributed by atoms with Crippen LogP contribution in [-0.2, 0) is 9.53 Å². The summed E-state index contributed by atoms with van der Waals surface area (Å²) >= 11 is 0.976. The Bertz CT molecular complexity index is 771. The Morgan fingerprint density at radius 1 is 1.50 bits per heavy atom. The van der Waals surface area contributed by atoms with Gasteiger partial charge in [-0.25, -0.2) is 0 Å². The molecule has 1 fully saturated rings. The lowest BCUT2D eigenvalue weighted by Gasteiger charge is -2.18. The number of thioether (sulfide) groups is 1. The summed E-state index contributed by atoms with van der Waals surface area (Å²) in [6.45, 7) is 2.56. The van der Waals surface area contributed by atoms with Gasteiger partial charge in [0.05, 0.1) is 42.9 Å². The highest BCUT2D eigenvalue weighted by Crippen LogP contribution is 2.13. The Morgan fingerprint density at radius 2 is 2.29 bits per heavy atom. The van der Waals surface area contributed by atoms with Gasteiger partial charge in [0.15, 0.2) is 5.16 Å². The number of hydrogen-bond donors (Lipinski definition) is 3. The third kappa shape index (κ3) is 4.23. The molecule has 1 amide bonds. The molecule has 2 aromatic rings.